The van der Waals surface area contributed by atoms with Crippen molar-refractivity contribution < 1.29 is 9.90 Å². The first-order valence-electron chi connectivity index (χ1n) is 7.78. The van der Waals surface area contributed by atoms with E-state index in [0.717, 1.165) is 38.9 Å². The number of benzene rings is 1. The first-order chi connectivity index (χ1) is 10.0. The van der Waals surface area contributed by atoms with Gasteiger partial charge >= 0.3 is 5.97 Å². The molecule has 2 rings (SSSR count). The van der Waals surface area contributed by atoms with Crippen molar-refractivity contribution in [1.29, 1.82) is 0 Å². The van der Waals surface area contributed by atoms with E-state index in [2.05, 4.69) is 48.3 Å². The van der Waals surface area contributed by atoms with E-state index in [0.29, 0.717) is 0 Å². The molecular weight excluding hydrogens is 300 g/mol. The quantitative estimate of drug-likeness (QED) is 0.807. The Kier molecular flexibility index (Phi) is 7.33. The summed E-state index contributed by atoms with van der Waals surface area (Å²) in [4.78, 5) is 13.1. The van der Waals surface area contributed by atoms with Gasteiger partial charge in [-0.2, -0.15) is 0 Å². The van der Waals surface area contributed by atoms with Gasteiger partial charge in [0.05, 0.1) is 6.54 Å². The molecule has 0 radical (unpaired) electrons. The van der Waals surface area contributed by atoms with E-state index in [1.807, 2.05) is 0 Å². The summed E-state index contributed by atoms with van der Waals surface area (Å²) in [6, 6.07) is 8.85. The van der Waals surface area contributed by atoms with E-state index in [4.69, 9.17) is 5.11 Å². The van der Waals surface area contributed by atoms with Gasteiger partial charge in [0.15, 0.2) is 0 Å². The molecule has 0 bridgehead atoms. The highest BCUT2D eigenvalue weighted by atomic mass is 35.5. The number of likely N-dealkylation sites (tertiary alicyclic amines) is 1. The van der Waals surface area contributed by atoms with E-state index >= 15 is 0 Å². The number of halogens is 1. The summed E-state index contributed by atoms with van der Waals surface area (Å²) >= 11 is 0. The SMILES string of the molecule is CCc1ccc(CCN2CCC(C)(NCC(=O)O)C2)cc1.Cl. The summed E-state index contributed by atoms with van der Waals surface area (Å²) in [5.41, 5.74) is 2.69. The zero-order chi connectivity index (χ0) is 15.3. The molecule has 4 nitrogen and oxygen atoms in total. The highest BCUT2D eigenvalue weighted by molar-refractivity contribution is 5.85. The summed E-state index contributed by atoms with van der Waals surface area (Å²) in [7, 11) is 0. The van der Waals surface area contributed by atoms with Crippen LogP contribution in [-0.4, -0.2) is 47.7 Å². The topological polar surface area (TPSA) is 52.6 Å². The van der Waals surface area contributed by atoms with Crippen LogP contribution in [0.3, 0.4) is 0 Å². The molecule has 1 saturated heterocycles. The zero-order valence-electron chi connectivity index (χ0n) is 13.5. The fourth-order valence-corrected chi connectivity index (χ4v) is 2.91. The van der Waals surface area contributed by atoms with Crippen molar-refractivity contribution in [3.8, 4) is 0 Å². The van der Waals surface area contributed by atoms with Gasteiger partial charge in [-0.3, -0.25) is 4.79 Å². The minimum absolute atomic E-state index is 0. The Morgan fingerprint density at radius 3 is 2.55 bits per heavy atom. The summed E-state index contributed by atoms with van der Waals surface area (Å²) in [6.07, 6.45) is 3.15. The van der Waals surface area contributed by atoms with Crippen molar-refractivity contribution in [1.82, 2.24) is 10.2 Å². The number of carboxylic acid groups (broad SMARTS) is 1. The Balaban J connectivity index is 0.00000242. The highest BCUT2D eigenvalue weighted by Crippen LogP contribution is 2.20. The molecule has 0 amide bonds. The monoisotopic (exact) mass is 326 g/mol. The molecule has 0 aromatic heterocycles. The molecule has 0 aliphatic carbocycles. The predicted molar refractivity (Wildman–Crippen MR) is 91.9 cm³/mol. The number of hydrogen-bond donors (Lipinski definition) is 2. The minimum Gasteiger partial charge on any atom is -0.480 e. The Bertz CT molecular complexity index is 478. The second-order valence-corrected chi connectivity index (χ2v) is 6.25. The number of carboxylic acids is 1. The molecule has 1 aromatic carbocycles. The van der Waals surface area contributed by atoms with Gasteiger partial charge in [0.25, 0.3) is 0 Å². The fourth-order valence-electron chi connectivity index (χ4n) is 2.91. The molecule has 1 atom stereocenters. The number of carbonyl (C=O) groups is 1. The van der Waals surface area contributed by atoms with Crippen LogP contribution in [0.5, 0.6) is 0 Å². The van der Waals surface area contributed by atoms with Crippen LogP contribution in [0, 0.1) is 0 Å². The third kappa shape index (κ3) is 5.59. The van der Waals surface area contributed by atoms with Crippen molar-refractivity contribution >= 4 is 18.4 Å². The van der Waals surface area contributed by atoms with Crippen LogP contribution < -0.4 is 5.32 Å². The summed E-state index contributed by atoms with van der Waals surface area (Å²) in [6.45, 7) is 7.33. The number of rotatable bonds is 7. The average Bonchev–Trinajstić information content (AvgIpc) is 2.86. The molecule has 1 aliphatic rings. The Hall–Kier alpha value is -1.10. The van der Waals surface area contributed by atoms with E-state index in [1.165, 1.54) is 11.1 Å². The molecule has 5 heteroatoms. The third-order valence-electron chi connectivity index (χ3n) is 4.37. The highest BCUT2D eigenvalue weighted by Gasteiger charge is 2.33. The van der Waals surface area contributed by atoms with Crippen LogP contribution in [0.15, 0.2) is 24.3 Å². The fraction of sp³-hybridized carbons (Fsp3) is 0.588. The van der Waals surface area contributed by atoms with Crippen LogP contribution in [0.25, 0.3) is 0 Å². The lowest BCUT2D eigenvalue weighted by atomic mass is 10.0. The van der Waals surface area contributed by atoms with Crippen LogP contribution in [-0.2, 0) is 17.6 Å². The molecule has 2 N–H and O–H groups in total. The third-order valence-corrected chi connectivity index (χ3v) is 4.37. The lowest BCUT2D eigenvalue weighted by Gasteiger charge is -2.25. The van der Waals surface area contributed by atoms with Gasteiger partial charge in [-0.25, -0.2) is 0 Å². The van der Waals surface area contributed by atoms with Gasteiger partial charge < -0.3 is 15.3 Å². The number of aliphatic carboxylic acids is 1. The number of aryl methyl sites for hydroxylation is 1. The number of nitrogens with zero attached hydrogens (tertiary/aromatic N) is 1. The zero-order valence-corrected chi connectivity index (χ0v) is 14.3. The van der Waals surface area contributed by atoms with Gasteiger partial charge in [0.2, 0.25) is 0 Å². The molecule has 124 valence electrons. The van der Waals surface area contributed by atoms with E-state index in [9.17, 15) is 4.79 Å². The summed E-state index contributed by atoms with van der Waals surface area (Å²) in [5.74, 6) is -0.786. The molecule has 1 aliphatic heterocycles. The largest absolute Gasteiger partial charge is 0.480 e. The maximum absolute atomic E-state index is 10.7. The van der Waals surface area contributed by atoms with Crippen molar-refractivity contribution in [2.75, 3.05) is 26.2 Å². The Morgan fingerprint density at radius 1 is 1.32 bits per heavy atom. The smallest absolute Gasteiger partial charge is 0.317 e. The molecule has 0 saturated carbocycles. The molecule has 1 fully saturated rings. The second-order valence-electron chi connectivity index (χ2n) is 6.25. The van der Waals surface area contributed by atoms with Crippen molar-refractivity contribution in [2.24, 2.45) is 0 Å². The molecule has 1 aromatic rings. The van der Waals surface area contributed by atoms with Crippen LogP contribution in [0.4, 0.5) is 0 Å². The van der Waals surface area contributed by atoms with E-state index < -0.39 is 5.97 Å². The maximum atomic E-state index is 10.7. The average molecular weight is 327 g/mol. The van der Waals surface area contributed by atoms with Gasteiger partial charge in [0.1, 0.15) is 0 Å². The summed E-state index contributed by atoms with van der Waals surface area (Å²) < 4.78 is 0. The lowest BCUT2D eigenvalue weighted by Crippen LogP contribution is -2.47. The van der Waals surface area contributed by atoms with Crippen LogP contribution >= 0.6 is 12.4 Å². The lowest BCUT2D eigenvalue weighted by molar-refractivity contribution is -0.136. The normalized spacial score (nSPS) is 21.5. The van der Waals surface area contributed by atoms with Gasteiger partial charge in [-0.1, -0.05) is 31.2 Å². The predicted octanol–water partition coefficient (Wildman–Crippen LogP) is 2.35. The van der Waals surface area contributed by atoms with E-state index in [-0.39, 0.29) is 24.5 Å². The maximum Gasteiger partial charge on any atom is 0.317 e. The molecular formula is C17H27ClN2O2. The van der Waals surface area contributed by atoms with Crippen molar-refractivity contribution in [2.45, 2.75) is 38.6 Å². The molecule has 1 unspecified atom stereocenters. The van der Waals surface area contributed by atoms with Crippen LogP contribution in [0.1, 0.15) is 31.4 Å². The van der Waals surface area contributed by atoms with Crippen LogP contribution in [0.2, 0.25) is 0 Å². The number of nitrogens with one attached hydrogen (secondary N) is 1. The molecule has 22 heavy (non-hydrogen) atoms. The Labute approximate surface area is 139 Å². The summed E-state index contributed by atoms with van der Waals surface area (Å²) in [5, 5.41) is 11.9. The first-order valence-corrected chi connectivity index (χ1v) is 7.78. The standard InChI is InChI=1S/C17H26N2O2.ClH/c1-3-14-4-6-15(7-5-14)8-10-19-11-9-17(2,13-19)18-12-16(20)21;/h4-7,18H,3,8-13H2,1-2H3,(H,20,21);1H. The van der Waals surface area contributed by atoms with Crippen molar-refractivity contribution in [3.05, 3.63) is 35.4 Å². The van der Waals surface area contributed by atoms with E-state index in [1.54, 1.807) is 0 Å². The molecule has 1 heterocycles. The molecule has 0 spiro atoms. The van der Waals surface area contributed by atoms with Crippen molar-refractivity contribution in [3.63, 3.8) is 0 Å². The number of hydrogen-bond acceptors (Lipinski definition) is 3. The van der Waals surface area contributed by atoms with Gasteiger partial charge in [-0.05, 0) is 37.3 Å². The Morgan fingerprint density at radius 2 is 1.95 bits per heavy atom. The van der Waals surface area contributed by atoms with Gasteiger partial charge in [-0.15, -0.1) is 12.4 Å². The second kappa shape index (κ2) is 8.51. The minimum atomic E-state index is -0.786. The van der Waals surface area contributed by atoms with Gasteiger partial charge in [0, 0.05) is 25.2 Å². The first kappa shape index (κ1) is 18.9.